The summed E-state index contributed by atoms with van der Waals surface area (Å²) in [6, 6.07) is 6.25. The van der Waals surface area contributed by atoms with Gasteiger partial charge in [-0.15, -0.1) is 0 Å². The van der Waals surface area contributed by atoms with Crippen LogP contribution in [0.5, 0.6) is 5.75 Å². The Balaban J connectivity index is 1.67. The second-order valence-corrected chi connectivity index (χ2v) is 7.23. The third kappa shape index (κ3) is 2.27. The maximum atomic E-state index is 10.2. The number of ether oxygens (including phenoxy) is 2. The van der Waals surface area contributed by atoms with E-state index in [-0.39, 0.29) is 24.1 Å². The van der Waals surface area contributed by atoms with E-state index in [4.69, 9.17) is 20.2 Å². The fourth-order valence-corrected chi connectivity index (χ4v) is 4.50. The van der Waals surface area contributed by atoms with Gasteiger partial charge in [0.25, 0.3) is 6.02 Å². The van der Waals surface area contributed by atoms with Gasteiger partial charge in [0.1, 0.15) is 30.3 Å². The molecular formula is C19H20N4O3. The zero-order valence-corrected chi connectivity index (χ0v) is 14.2. The lowest BCUT2D eigenvalue weighted by Crippen LogP contribution is -2.51. The summed E-state index contributed by atoms with van der Waals surface area (Å²) in [6.45, 7) is 0.373. The third-order valence-electron chi connectivity index (χ3n) is 5.74. The lowest BCUT2D eigenvalue weighted by Gasteiger charge is -2.47. The molecular weight excluding hydrogens is 332 g/mol. The molecule has 0 radical (unpaired) electrons. The van der Waals surface area contributed by atoms with Gasteiger partial charge in [0, 0.05) is 29.4 Å². The highest BCUT2D eigenvalue weighted by Crippen LogP contribution is 2.52. The molecule has 134 valence electrons. The van der Waals surface area contributed by atoms with Crippen molar-refractivity contribution in [2.24, 2.45) is 16.6 Å². The summed E-state index contributed by atoms with van der Waals surface area (Å²) < 4.78 is 11.9. The fourth-order valence-electron chi connectivity index (χ4n) is 4.50. The SMILES string of the molecule is NC1=NC2(CO1)c1cc(-c3cncnc3)ccc1OC1CCC(O)CC12. The van der Waals surface area contributed by atoms with E-state index < -0.39 is 5.54 Å². The van der Waals surface area contributed by atoms with Gasteiger partial charge in [0.15, 0.2) is 0 Å². The fraction of sp³-hybridized carbons (Fsp3) is 0.421. The maximum Gasteiger partial charge on any atom is 0.283 e. The first-order valence-electron chi connectivity index (χ1n) is 8.88. The first-order chi connectivity index (χ1) is 12.7. The van der Waals surface area contributed by atoms with Crippen molar-refractivity contribution < 1.29 is 14.6 Å². The number of hydrogen-bond donors (Lipinski definition) is 2. The van der Waals surface area contributed by atoms with Crippen LogP contribution < -0.4 is 10.5 Å². The zero-order valence-electron chi connectivity index (χ0n) is 14.2. The normalized spacial score (nSPS) is 32.2. The van der Waals surface area contributed by atoms with Gasteiger partial charge in [-0.1, -0.05) is 6.07 Å². The number of hydrogen-bond acceptors (Lipinski definition) is 7. The average molecular weight is 352 g/mol. The van der Waals surface area contributed by atoms with Crippen LogP contribution in [0.2, 0.25) is 0 Å². The average Bonchev–Trinajstić information content (AvgIpc) is 3.06. The van der Waals surface area contributed by atoms with Gasteiger partial charge in [-0.3, -0.25) is 0 Å². The summed E-state index contributed by atoms with van der Waals surface area (Å²) in [4.78, 5) is 12.9. The van der Waals surface area contributed by atoms with Crippen LogP contribution in [0.1, 0.15) is 24.8 Å². The molecule has 3 N–H and O–H groups in total. The number of aliphatic hydroxyl groups excluding tert-OH is 1. The van der Waals surface area contributed by atoms with Crippen molar-refractivity contribution in [1.82, 2.24) is 9.97 Å². The van der Waals surface area contributed by atoms with E-state index in [1.54, 1.807) is 12.4 Å². The standard InChI is InChI=1S/C19H20N4O3/c20-18-23-19(9-25-18)14-5-11(12-7-21-10-22-8-12)1-3-16(14)26-17-4-2-13(24)6-15(17)19/h1,3,5,7-8,10,13,15,17,24H,2,4,6,9H2,(H2,20,23). The number of aromatic nitrogens is 2. The molecule has 0 amide bonds. The minimum atomic E-state index is -0.616. The van der Waals surface area contributed by atoms with Crippen molar-refractivity contribution in [2.45, 2.75) is 37.0 Å². The van der Waals surface area contributed by atoms with Crippen LogP contribution in [0.4, 0.5) is 0 Å². The molecule has 1 fully saturated rings. The summed E-state index contributed by atoms with van der Waals surface area (Å²) in [5.74, 6) is 0.840. The van der Waals surface area contributed by atoms with Crippen molar-refractivity contribution >= 4 is 6.02 Å². The van der Waals surface area contributed by atoms with E-state index >= 15 is 0 Å². The highest BCUT2D eigenvalue weighted by Gasteiger charge is 2.55. The van der Waals surface area contributed by atoms with Crippen LogP contribution in [0.15, 0.2) is 41.9 Å². The number of aliphatic hydroxyl groups is 1. The van der Waals surface area contributed by atoms with Crippen LogP contribution in [0.3, 0.4) is 0 Å². The van der Waals surface area contributed by atoms with Crippen molar-refractivity contribution in [3.63, 3.8) is 0 Å². The zero-order chi connectivity index (χ0) is 17.7. The minimum Gasteiger partial charge on any atom is -0.490 e. The van der Waals surface area contributed by atoms with Crippen molar-refractivity contribution in [3.8, 4) is 16.9 Å². The van der Waals surface area contributed by atoms with E-state index in [1.165, 1.54) is 6.33 Å². The number of nitrogens with two attached hydrogens (primary N) is 1. The number of benzene rings is 1. The molecule has 2 aliphatic heterocycles. The van der Waals surface area contributed by atoms with Crippen molar-refractivity contribution in [2.75, 3.05) is 6.61 Å². The lowest BCUT2D eigenvalue weighted by atomic mass is 9.67. The van der Waals surface area contributed by atoms with Gasteiger partial charge in [0.05, 0.1) is 6.10 Å². The van der Waals surface area contributed by atoms with Gasteiger partial charge >= 0.3 is 0 Å². The smallest absolute Gasteiger partial charge is 0.283 e. The molecule has 5 rings (SSSR count). The van der Waals surface area contributed by atoms with E-state index in [9.17, 15) is 5.11 Å². The second-order valence-electron chi connectivity index (χ2n) is 7.23. The molecule has 7 nitrogen and oxygen atoms in total. The molecule has 1 aliphatic carbocycles. The van der Waals surface area contributed by atoms with Gasteiger partial charge in [-0.2, -0.15) is 0 Å². The number of aliphatic imine (C=N–C) groups is 1. The van der Waals surface area contributed by atoms with Crippen LogP contribution in [-0.4, -0.2) is 39.9 Å². The molecule has 2 aromatic rings. The summed E-state index contributed by atoms with van der Waals surface area (Å²) in [5.41, 5.74) is 8.16. The molecule has 0 bridgehead atoms. The number of nitrogens with zero attached hydrogens (tertiary/aromatic N) is 3. The Morgan fingerprint density at radius 3 is 2.77 bits per heavy atom. The Morgan fingerprint density at radius 2 is 2.00 bits per heavy atom. The molecule has 3 heterocycles. The Hall–Kier alpha value is -2.67. The molecule has 26 heavy (non-hydrogen) atoms. The molecule has 3 aliphatic rings. The Labute approximate surface area is 150 Å². The topological polar surface area (TPSA) is 103 Å². The van der Waals surface area contributed by atoms with Gasteiger partial charge in [-0.25, -0.2) is 15.0 Å². The van der Waals surface area contributed by atoms with Gasteiger partial charge in [-0.05, 0) is 37.0 Å². The van der Waals surface area contributed by atoms with Crippen LogP contribution in [0, 0.1) is 5.92 Å². The predicted octanol–water partition coefficient (Wildman–Crippen LogP) is 1.61. The minimum absolute atomic E-state index is 0.00931. The molecule has 7 heteroatoms. The summed E-state index contributed by atoms with van der Waals surface area (Å²) in [7, 11) is 0. The maximum absolute atomic E-state index is 10.2. The van der Waals surface area contributed by atoms with Crippen LogP contribution >= 0.6 is 0 Å². The van der Waals surface area contributed by atoms with E-state index in [2.05, 4.69) is 16.0 Å². The molecule has 0 saturated heterocycles. The van der Waals surface area contributed by atoms with E-state index in [1.807, 2.05) is 12.1 Å². The Morgan fingerprint density at radius 1 is 1.15 bits per heavy atom. The predicted molar refractivity (Wildman–Crippen MR) is 94.5 cm³/mol. The monoisotopic (exact) mass is 352 g/mol. The summed E-state index contributed by atoms with van der Waals surface area (Å²) in [6.07, 6.45) is 6.90. The van der Waals surface area contributed by atoms with Crippen LogP contribution in [0.25, 0.3) is 11.1 Å². The first-order valence-corrected chi connectivity index (χ1v) is 8.88. The van der Waals surface area contributed by atoms with E-state index in [0.29, 0.717) is 13.0 Å². The van der Waals surface area contributed by atoms with Gasteiger partial charge in [0.2, 0.25) is 0 Å². The molecule has 1 aromatic carbocycles. The number of amidine groups is 1. The first kappa shape index (κ1) is 15.6. The lowest BCUT2D eigenvalue weighted by molar-refractivity contribution is -0.0359. The molecule has 1 saturated carbocycles. The summed E-state index contributed by atoms with van der Waals surface area (Å²) >= 11 is 0. The van der Waals surface area contributed by atoms with Gasteiger partial charge < -0.3 is 20.3 Å². The van der Waals surface area contributed by atoms with E-state index in [0.717, 1.165) is 35.3 Å². The highest BCUT2D eigenvalue weighted by atomic mass is 16.5. The Bertz CT molecular complexity index is 872. The molecule has 4 atom stereocenters. The molecule has 1 spiro atoms. The number of fused-ring (bicyclic) bond motifs is 4. The Kier molecular flexibility index (Phi) is 3.40. The van der Waals surface area contributed by atoms with Crippen molar-refractivity contribution in [1.29, 1.82) is 0 Å². The largest absolute Gasteiger partial charge is 0.490 e. The summed E-state index contributed by atoms with van der Waals surface area (Å²) in [5, 5.41) is 10.2. The number of rotatable bonds is 1. The van der Waals surface area contributed by atoms with Crippen molar-refractivity contribution in [3.05, 3.63) is 42.5 Å². The molecule has 4 unspecified atom stereocenters. The highest BCUT2D eigenvalue weighted by molar-refractivity contribution is 5.75. The van der Waals surface area contributed by atoms with Crippen LogP contribution in [-0.2, 0) is 10.3 Å². The quantitative estimate of drug-likeness (QED) is 0.808. The third-order valence-corrected chi connectivity index (χ3v) is 5.74. The second kappa shape index (κ2) is 5.67. The molecule has 1 aromatic heterocycles.